The largest absolute Gasteiger partial charge is 0.465 e. The Kier molecular flexibility index (Phi) is 6.47. The molecular formula is C27H23N3O5S. The summed E-state index contributed by atoms with van der Waals surface area (Å²) in [6.45, 7) is 1.74. The molecule has 0 bridgehead atoms. The van der Waals surface area contributed by atoms with Crippen molar-refractivity contribution in [3.8, 4) is 10.4 Å². The Morgan fingerprint density at radius 2 is 1.78 bits per heavy atom. The van der Waals surface area contributed by atoms with E-state index in [9.17, 15) is 14.4 Å². The van der Waals surface area contributed by atoms with Crippen LogP contribution in [-0.4, -0.2) is 41.0 Å². The first kappa shape index (κ1) is 23.6. The number of methoxy groups -OCH3 is 1. The second kappa shape index (κ2) is 9.87. The third kappa shape index (κ3) is 4.33. The van der Waals surface area contributed by atoms with Crippen LogP contribution in [0, 0.1) is 0 Å². The molecule has 0 aliphatic heterocycles. The third-order valence-corrected chi connectivity index (χ3v) is 7.29. The number of para-hydroxylation sites is 2. The smallest absolute Gasteiger partial charge is 0.359 e. The number of benzene rings is 2. The van der Waals surface area contributed by atoms with Crippen LogP contribution >= 0.6 is 11.3 Å². The minimum absolute atomic E-state index is 0.0124. The number of thiophene rings is 1. The molecule has 0 saturated heterocycles. The number of hydrogen-bond acceptors (Lipinski definition) is 8. The topological polar surface area (TPSA) is 107 Å². The number of aromatic nitrogens is 2. The number of aryl methyl sites for hydroxylation is 1. The molecule has 36 heavy (non-hydrogen) atoms. The van der Waals surface area contributed by atoms with E-state index >= 15 is 0 Å². The molecule has 0 saturated carbocycles. The number of nitrogens with zero attached hydrogens (tertiary/aromatic N) is 2. The first-order chi connectivity index (χ1) is 17.5. The van der Waals surface area contributed by atoms with Gasteiger partial charge in [-0.1, -0.05) is 43.3 Å². The maximum Gasteiger partial charge on any atom is 0.359 e. The Labute approximate surface area is 211 Å². The summed E-state index contributed by atoms with van der Waals surface area (Å²) in [4.78, 5) is 48.1. The zero-order valence-corrected chi connectivity index (χ0v) is 20.6. The maximum atomic E-state index is 13.2. The zero-order chi connectivity index (χ0) is 25.2. The van der Waals surface area contributed by atoms with E-state index < -0.39 is 23.9 Å². The number of carbonyl (C=O) groups is 3. The fraction of sp³-hybridized carbons (Fsp3) is 0.222. The molecule has 182 valence electrons. The number of ether oxygens (including phenoxy) is 2. The van der Waals surface area contributed by atoms with E-state index in [1.54, 1.807) is 25.1 Å². The van der Waals surface area contributed by atoms with Crippen molar-refractivity contribution < 1.29 is 23.9 Å². The number of hydrogen-bond donors (Lipinski definition) is 1. The molecule has 8 nitrogen and oxygen atoms in total. The quantitative estimate of drug-likeness (QED) is 0.378. The third-order valence-electron chi connectivity index (χ3n) is 6.11. The molecule has 1 N–H and O–H groups in total. The van der Waals surface area contributed by atoms with Crippen molar-refractivity contribution >= 4 is 45.2 Å². The summed E-state index contributed by atoms with van der Waals surface area (Å²) in [6.07, 6.45) is 1.94. The lowest BCUT2D eigenvalue weighted by atomic mass is 9.89. The Balaban J connectivity index is 1.40. The van der Waals surface area contributed by atoms with Crippen LogP contribution < -0.4 is 5.32 Å². The molecule has 0 radical (unpaired) electrons. The van der Waals surface area contributed by atoms with Crippen molar-refractivity contribution in [1.82, 2.24) is 9.97 Å². The molecule has 4 aromatic rings. The second-order valence-corrected chi connectivity index (χ2v) is 9.32. The van der Waals surface area contributed by atoms with Crippen molar-refractivity contribution in [1.29, 1.82) is 0 Å². The molecule has 1 unspecified atom stereocenters. The highest BCUT2D eigenvalue weighted by Crippen LogP contribution is 2.45. The predicted molar refractivity (Wildman–Crippen MR) is 136 cm³/mol. The SMILES string of the molecule is CCC(OC(=O)c1cnc2ccccc2n1)C(=O)Nc1sc2c(c1C(=O)OC)CCc1ccccc1-2. The van der Waals surface area contributed by atoms with Gasteiger partial charge in [-0.3, -0.25) is 9.78 Å². The minimum Gasteiger partial charge on any atom is -0.465 e. The highest BCUT2D eigenvalue weighted by molar-refractivity contribution is 7.20. The van der Waals surface area contributed by atoms with E-state index in [0.717, 1.165) is 22.4 Å². The van der Waals surface area contributed by atoms with Gasteiger partial charge >= 0.3 is 11.9 Å². The van der Waals surface area contributed by atoms with E-state index in [0.29, 0.717) is 28.0 Å². The van der Waals surface area contributed by atoms with Crippen LogP contribution in [0.4, 0.5) is 5.00 Å². The molecule has 1 amide bonds. The second-order valence-electron chi connectivity index (χ2n) is 8.30. The molecule has 2 aromatic heterocycles. The average molecular weight is 502 g/mol. The molecule has 1 atom stereocenters. The van der Waals surface area contributed by atoms with Crippen molar-refractivity contribution in [3.63, 3.8) is 0 Å². The van der Waals surface area contributed by atoms with Crippen molar-refractivity contribution in [3.05, 3.63) is 77.1 Å². The molecule has 5 rings (SSSR count). The van der Waals surface area contributed by atoms with Crippen LogP contribution in [0.25, 0.3) is 21.5 Å². The highest BCUT2D eigenvalue weighted by Gasteiger charge is 2.31. The van der Waals surface area contributed by atoms with Gasteiger partial charge in [0.15, 0.2) is 11.8 Å². The molecular weight excluding hydrogens is 478 g/mol. The van der Waals surface area contributed by atoms with E-state index in [2.05, 4.69) is 21.4 Å². The van der Waals surface area contributed by atoms with Gasteiger partial charge in [-0.2, -0.15) is 0 Å². The summed E-state index contributed by atoms with van der Waals surface area (Å²) in [5.74, 6) is -1.79. The monoisotopic (exact) mass is 501 g/mol. The van der Waals surface area contributed by atoms with Gasteiger partial charge < -0.3 is 14.8 Å². The number of carbonyl (C=O) groups excluding carboxylic acids is 3. The highest BCUT2D eigenvalue weighted by atomic mass is 32.1. The van der Waals surface area contributed by atoms with Gasteiger partial charge in [0.2, 0.25) is 0 Å². The molecule has 0 fully saturated rings. The zero-order valence-electron chi connectivity index (χ0n) is 19.7. The minimum atomic E-state index is -1.08. The Hall–Kier alpha value is -4.11. The van der Waals surface area contributed by atoms with Crippen LogP contribution in [-0.2, 0) is 27.1 Å². The number of amides is 1. The summed E-state index contributed by atoms with van der Waals surface area (Å²) in [7, 11) is 1.32. The van der Waals surface area contributed by atoms with Crippen LogP contribution in [0.5, 0.6) is 0 Å². The van der Waals surface area contributed by atoms with E-state index in [1.165, 1.54) is 30.2 Å². The van der Waals surface area contributed by atoms with Gasteiger partial charge in [-0.05, 0) is 48.1 Å². The van der Waals surface area contributed by atoms with Crippen LogP contribution in [0.15, 0.2) is 54.7 Å². The lowest BCUT2D eigenvalue weighted by molar-refractivity contribution is -0.124. The standard InChI is InChI=1S/C27H23N3O5S/c1-3-21(35-26(32)20-14-28-18-10-6-7-11-19(18)29-20)24(31)30-25-22(27(33)34-2)17-13-12-15-8-4-5-9-16(15)23(17)36-25/h4-11,14,21H,3,12-13H2,1-2H3,(H,30,31). The Morgan fingerprint density at radius 3 is 2.56 bits per heavy atom. The van der Waals surface area contributed by atoms with Crippen molar-refractivity contribution in [2.75, 3.05) is 12.4 Å². The summed E-state index contributed by atoms with van der Waals surface area (Å²) >= 11 is 1.33. The normalized spacial score (nSPS) is 12.8. The lowest BCUT2D eigenvalue weighted by Gasteiger charge is -2.17. The molecule has 9 heteroatoms. The Bertz CT molecular complexity index is 1500. The number of rotatable bonds is 6. The van der Waals surface area contributed by atoms with Crippen LogP contribution in [0.2, 0.25) is 0 Å². The van der Waals surface area contributed by atoms with Gasteiger partial charge in [-0.25, -0.2) is 14.6 Å². The van der Waals surface area contributed by atoms with E-state index in [-0.39, 0.29) is 12.1 Å². The van der Waals surface area contributed by atoms with Gasteiger partial charge in [0.05, 0.1) is 29.9 Å². The van der Waals surface area contributed by atoms with Crippen molar-refractivity contribution in [2.24, 2.45) is 0 Å². The van der Waals surface area contributed by atoms with Crippen LogP contribution in [0.3, 0.4) is 0 Å². The number of anilines is 1. The molecule has 0 spiro atoms. The first-order valence-electron chi connectivity index (χ1n) is 11.6. The molecule has 1 aliphatic rings. The maximum absolute atomic E-state index is 13.2. The van der Waals surface area contributed by atoms with Crippen LogP contribution in [0.1, 0.15) is 45.3 Å². The van der Waals surface area contributed by atoms with Gasteiger partial charge in [-0.15, -0.1) is 11.3 Å². The summed E-state index contributed by atoms with van der Waals surface area (Å²) in [6, 6.07) is 15.2. The van der Waals surface area contributed by atoms with Crippen molar-refractivity contribution in [2.45, 2.75) is 32.3 Å². The predicted octanol–water partition coefficient (Wildman–Crippen LogP) is 4.82. The van der Waals surface area contributed by atoms with Gasteiger partial charge in [0, 0.05) is 4.88 Å². The van der Waals surface area contributed by atoms with E-state index in [1.807, 2.05) is 24.3 Å². The molecule has 2 aromatic carbocycles. The van der Waals surface area contributed by atoms with E-state index in [4.69, 9.17) is 9.47 Å². The summed E-state index contributed by atoms with van der Waals surface area (Å²) in [5.41, 5.74) is 4.66. The number of nitrogens with one attached hydrogen (secondary N) is 1. The Morgan fingerprint density at radius 1 is 1.03 bits per heavy atom. The lowest BCUT2D eigenvalue weighted by Crippen LogP contribution is -2.32. The summed E-state index contributed by atoms with van der Waals surface area (Å²) < 4.78 is 10.5. The molecule has 2 heterocycles. The van der Waals surface area contributed by atoms with Gasteiger partial charge in [0.1, 0.15) is 5.00 Å². The fourth-order valence-corrected chi connectivity index (χ4v) is 5.61. The number of esters is 2. The summed E-state index contributed by atoms with van der Waals surface area (Å²) in [5, 5.41) is 3.20. The van der Waals surface area contributed by atoms with Gasteiger partial charge in [0.25, 0.3) is 5.91 Å². The average Bonchev–Trinajstić information content (AvgIpc) is 3.29. The number of fused-ring (bicyclic) bond motifs is 4. The fourth-order valence-electron chi connectivity index (χ4n) is 4.31. The molecule has 1 aliphatic carbocycles. The first-order valence-corrected chi connectivity index (χ1v) is 12.4.